The van der Waals surface area contributed by atoms with Gasteiger partial charge >= 0.3 is 0 Å². The van der Waals surface area contributed by atoms with Crippen molar-refractivity contribution in [1.82, 2.24) is 5.16 Å². The predicted molar refractivity (Wildman–Crippen MR) is 77.9 cm³/mol. The van der Waals surface area contributed by atoms with E-state index in [4.69, 9.17) is 4.52 Å². The van der Waals surface area contributed by atoms with Crippen molar-refractivity contribution in [3.63, 3.8) is 0 Å². The first-order valence-corrected chi connectivity index (χ1v) is 7.13. The van der Waals surface area contributed by atoms with E-state index < -0.39 is 0 Å². The van der Waals surface area contributed by atoms with Crippen LogP contribution in [0.15, 0.2) is 46.3 Å². The van der Waals surface area contributed by atoms with Crippen LogP contribution < -0.4 is 0 Å². The van der Waals surface area contributed by atoms with Gasteiger partial charge in [0.25, 0.3) is 0 Å². The molecular weight excluding hydrogens is 242 g/mol. The summed E-state index contributed by atoms with van der Waals surface area (Å²) in [6, 6.07) is 12.0. The van der Waals surface area contributed by atoms with E-state index in [0.29, 0.717) is 0 Å². The standard InChI is InChI=1S/C11H7NOS.C4H10/c1-2-4-8(5-3-1)10-11-9(13-12-10)6-7-14-11;1-3-4-2/h1-7H;3-4H2,1-2H3. The van der Waals surface area contributed by atoms with Crippen molar-refractivity contribution in [1.29, 1.82) is 0 Å². The minimum atomic E-state index is 0.869. The minimum absolute atomic E-state index is 0.869. The van der Waals surface area contributed by atoms with Crippen LogP contribution in [-0.4, -0.2) is 5.16 Å². The smallest absolute Gasteiger partial charge is 0.178 e. The van der Waals surface area contributed by atoms with E-state index in [9.17, 15) is 0 Å². The first kappa shape index (κ1) is 12.8. The molecule has 0 atom stereocenters. The molecule has 0 saturated carbocycles. The molecule has 0 aliphatic heterocycles. The maximum Gasteiger partial charge on any atom is 0.178 e. The molecule has 3 heteroatoms. The Labute approximate surface area is 111 Å². The molecule has 0 unspecified atom stereocenters. The molecule has 0 aliphatic carbocycles. The van der Waals surface area contributed by atoms with Gasteiger partial charge in [-0.15, -0.1) is 11.3 Å². The lowest BCUT2D eigenvalue weighted by Gasteiger charge is -1.92. The second-order valence-corrected chi connectivity index (χ2v) is 4.93. The van der Waals surface area contributed by atoms with Crippen LogP contribution >= 0.6 is 11.3 Å². The number of unbranched alkanes of at least 4 members (excludes halogenated alkanes) is 1. The van der Waals surface area contributed by atoms with Crippen LogP contribution in [0.4, 0.5) is 0 Å². The summed E-state index contributed by atoms with van der Waals surface area (Å²) in [7, 11) is 0. The van der Waals surface area contributed by atoms with Crippen molar-refractivity contribution in [2.24, 2.45) is 0 Å². The van der Waals surface area contributed by atoms with Gasteiger partial charge in [-0.1, -0.05) is 62.2 Å². The van der Waals surface area contributed by atoms with Gasteiger partial charge in [0.2, 0.25) is 0 Å². The summed E-state index contributed by atoms with van der Waals surface area (Å²) in [6.45, 7) is 4.36. The van der Waals surface area contributed by atoms with E-state index in [1.165, 1.54) is 12.8 Å². The molecule has 3 aromatic rings. The molecule has 0 radical (unpaired) electrons. The molecule has 94 valence electrons. The van der Waals surface area contributed by atoms with Crippen molar-refractivity contribution >= 4 is 21.6 Å². The molecule has 0 saturated heterocycles. The Hall–Kier alpha value is -1.61. The molecule has 0 bridgehead atoms. The Bertz CT molecular complexity index is 581. The van der Waals surface area contributed by atoms with Crippen molar-refractivity contribution in [3.05, 3.63) is 41.8 Å². The molecule has 0 N–H and O–H groups in total. The second-order valence-electron chi connectivity index (χ2n) is 4.01. The Morgan fingerprint density at radius 1 is 1.06 bits per heavy atom. The third kappa shape index (κ3) is 2.79. The third-order valence-corrected chi connectivity index (χ3v) is 3.53. The van der Waals surface area contributed by atoms with E-state index in [0.717, 1.165) is 21.5 Å². The number of hydrogen-bond acceptors (Lipinski definition) is 3. The average Bonchev–Trinajstić information content (AvgIpc) is 3.02. The normalized spacial score (nSPS) is 10.1. The van der Waals surface area contributed by atoms with Crippen molar-refractivity contribution in [2.45, 2.75) is 26.7 Å². The summed E-state index contributed by atoms with van der Waals surface area (Å²) in [5.41, 5.74) is 2.91. The zero-order valence-corrected chi connectivity index (χ0v) is 11.5. The molecular formula is C15H17NOS. The third-order valence-electron chi connectivity index (χ3n) is 2.63. The van der Waals surface area contributed by atoms with E-state index in [-0.39, 0.29) is 0 Å². The van der Waals surface area contributed by atoms with Crippen molar-refractivity contribution in [3.8, 4) is 11.3 Å². The number of thiophene rings is 1. The SMILES string of the molecule is CCCC.c1ccc(-c2noc3ccsc23)cc1. The minimum Gasteiger partial charge on any atom is -0.355 e. The van der Waals surface area contributed by atoms with Crippen LogP contribution in [0.5, 0.6) is 0 Å². The van der Waals surface area contributed by atoms with Crippen LogP contribution in [0.1, 0.15) is 26.7 Å². The van der Waals surface area contributed by atoms with Gasteiger partial charge in [-0.05, 0) is 11.4 Å². The summed E-state index contributed by atoms with van der Waals surface area (Å²) in [5.74, 6) is 0. The summed E-state index contributed by atoms with van der Waals surface area (Å²) in [5, 5.41) is 6.08. The molecule has 0 fully saturated rings. The number of benzene rings is 1. The van der Waals surface area contributed by atoms with Crippen LogP contribution in [0.25, 0.3) is 21.5 Å². The lowest BCUT2D eigenvalue weighted by atomic mass is 10.1. The highest BCUT2D eigenvalue weighted by atomic mass is 32.1. The Kier molecular flexibility index (Phi) is 4.53. The van der Waals surface area contributed by atoms with Crippen LogP contribution in [0.2, 0.25) is 0 Å². The zero-order chi connectivity index (χ0) is 12.8. The van der Waals surface area contributed by atoms with Crippen LogP contribution in [0, 0.1) is 0 Å². The Balaban J connectivity index is 0.000000267. The number of rotatable bonds is 2. The largest absolute Gasteiger partial charge is 0.355 e. The first-order chi connectivity index (χ1) is 8.86. The van der Waals surface area contributed by atoms with E-state index >= 15 is 0 Å². The van der Waals surface area contributed by atoms with Gasteiger partial charge in [0.1, 0.15) is 10.4 Å². The van der Waals surface area contributed by atoms with Crippen LogP contribution in [-0.2, 0) is 0 Å². The van der Waals surface area contributed by atoms with Gasteiger partial charge in [0, 0.05) is 5.56 Å². The number of hydrogen-bond donors (Lipinski definition) is 0. The lowest BCUT2D eigenvalue weighted by Crippen LogP contribution is -1.74. The van der Waals surface area contributed by atoms with E-state index in [2.05, 4.69) is 19.0 Å². The molecule has 2 nitrogen and oxygen atoms in total. The first-order valence-electron chi connectivity index (χ1n) is 6.25. The maximum atomic E-state index is 5.20. The Morgan fingerprint density at radius 2 is 1.78 bits per heavy atom. The van der Waals surface area contributed by atoms with E-state index in [1.807, 2.05) is 41.8 Å². The van der Waals surface area contributed by atoms with Gasteiger partial charge in [0.15, 0.2) is 5.58 Å². The van der Waals surface area contributed by atoms with Crippen molar-refractivity contribution < 1.29 is 4.52 Å². The second kappa shape index (κ2) is 6.36. The van der Waals surface area contributed by atoms with Gasteiger partial charge in [-0.3, -0.25) is 0 Å². The maximum absolute atomic E-state index is 5.20. The van der Waals surface area contributed by atoms with Crippen LogP contribution in [0.3, 0.4) is 0 Å². The monoisotopic (exact) mass is 259 g/mol. The van der Waals surface area contributed by atoms with E-state index in [1.54, 1.807) is 11.3 Å². The van der Waals surface area contributed by atoms with Crippen molar-refractivity contribution in [2.75, 3.05) is 0 Å². The summed E-state index contributed by atoms with van der Waals surface area (Å²) in [6.07, 6.45) is 2.64. The zero-order valence-electron chi connectivity index (χ0n) is 10.7. The predicted octanol–water partition coefficient (Wildman–Crippen LogP) is 5.36. The number of aromatic nitrogens is 1. The molecule has 0 aliphatic rings. The fourth-order valence-corrected chi connectivity index (χ4v) is 2.27. The molecule has 1 aromatic carbocycles. The fourth-order valence-electron chi connectivity index (χ4n) is 1.46. The highest BCUT2D eigenvalue weighted by Gasteiger charge is 2.10. The molecule has 0 amide bonds. The summed E-state index contributed by atoms with van der Waals surface area (Å²) >= 11 is 1.66. The van der Waals surface area contributed by atoms with Gasteiger partial charge in [-0.2, -0.15) is 0 Å². The fraction of sp³-hybridized carbons (Fsp3) is 0.267. The van der Waals surface area contributed by atoms with Gasteiger partial charge in [0.05, 0.1) is 0 Å². The number of nitrogens with zero attached hydrogens (tertiary/aromatic N) is 1. The lowest BCUT2D eigenvalue weighted by molar-refractivity contribution is 0.459. The van der Waals surface area contributed by atoms with Gasteiger partial charge < -0.3 is 4.52 Å². The topological polar surface area (TPSA) is 26.0 Å². The highest BCUT2D eigenvalue weighted by Crippen LogP contribution is 2.31. The molecule has 0 spiro atoms. The summed E-state index contributed by atoms with van der Waals surface area (Å²) in [4.78, 5) is 0. The molecule has 3 rings (SSSR count). The molecule has 18 heavy (non-hydrogen) atoms. The molecule has 2 aromatic heterocycles. The Morgan fingerprint density at radius 3 is 2.44 bits per heavy atom. The number of fused-ring (bicyclic) bond motifs is 1. The highest BCUT2D eigenvalue weighted by molar-refractivity contribution is 7.17. The quantitative estimate of drug-likeness (QED) is 0.619. The molecule has 2 heterocycles. The summed E-state index contributed by atoms with van der Waals surface area (Å²) < 4.78 is 6.33. The van der Waals surface area contributed by atoms with Gasteiger partial charge in [-0.25, -0.2) is 0 Å². The average molecular weight is 259 g/mol.